The molecule has 0 radical (unpaired) electrons. The molecule has 22 heavy (non-hydrogen) atoms. The summed E-state index contributed by atoms with van der Waals surface area (Å²) in [7, 11) is 0. The lowest BCUT2D eigenvalue weighted by atomic mass is 9.86. The van der Waals surface area contributed by atoms with E-state index in [1.54, 1.807) is 0 Å². The van der Waals surface area contributed by atoms with E-state index in [0.29, 0.717) is 19.6 Å². The summed E-state index contributed by atoms with van der Waals surface area (Å²) in [6, 6.07) is 8.58. The highest BCUT2D eigenvalue weighted by Crippen LogP contribution is 2.22. The summed E-state index contributed by atoms with van der Waals surface area (Å²) in [5, 5.41) is 2.94. The maximum Gasteiger partial charge on any atom is 0.220 e. The number of hydrogen-bond donors (Lipinski definition) is 1. The third-order valence-corrected chi connectivity index (χ3v) is 3.56. The molecule has 0 aliphatic heterocycles. The number of benzene rings is 1. The molecule has 0 bridgehead atoms. The van der Waals surface area contributed by atoms with Crippen molar-refractivity contribution in [3.05, 3.63) is 35.4 Å². The highest BCUT2D eigenvalue weighted by atomic mass is 16.5. The average Bonchev–Trinajstić information content (AvgIpc) is 2.44. The molecule has 3 heteroatoms. The fraction of sp³-hybridized carbons (Fsp3) is 0.632. The van der Waals surface area contributed by atoms with Crippen LogP contribution < -0.4 is 5.32 Å². The van der Waals surface area contributed by atoms with Crippen LogP contribution in [0.3, 0.4) is 0 Å². The van der Waals surface area contributed by atoms with Crippen molar-refractivity contribution in [2.45, 2.75) is 65.4 Å². The van der Waals surface area contributed by atoms with E-state index in [-0.39, 0.29) is 17.4 Å². The van der Waals surface area contributed by atoms with Crippen LogP contribution in [0.4, 0.5) is 0 Å². The lowest BCUT2D eigenvalue weighted by molar-refractivity contribution is -0.121. The molecular formula is C19H31NO2. The SMILES string of the molecule is CC(C)OCCCNC(=O)CCc1ccc(C(C)(C)C)cc1. The van der Waals surface area contributed by atoms with Gasteiger partial charge in [0.15, 0.2) is 0 Å². The van der Waals surface area contributed by atoms with Gasteiger partial charge in [-0.3, -0.25) is 4.79 Å². The van der Waals surface area contributed by atoms with Gasteiger partial charge in [-0.1, -0.05) is 45.0 Å². The third kappa shape index (κ3) is 7.60. The Labute approximate surface area is 135 Å². The topological polar surface area (TPSA) is 38.3 Å². The number of nitrogens with one attached hydrogen (secondary N) is 1. The van der Waals surface area contributed by atoms with E-state index in [2.05, 4.69) is 50.4 Å². The van der Waals surface area contributed by atoms with Crippen LogP contribution in [0.1, 0.15) is 58.6 Å². The Hall–Kier alpha value is -1.35. The van der Waals surface area contributed by atoms with E-state index in [4.69, 9.17) is 4.74 Å². The van der Waals surface area contributed by atoms with Crippen molar-refractivity contribution in [1.82, 2.24) is 5.32 Å². The van der Waals surface area contributed by atoms with E-state index < -0.39 is 0 Å². The van der Waals surface area contributed by atoms with Gasteiger partial charge in [0.2, 0.25) is 5.91 Å². The molecule has 1 rings (SSSR count). The standard InChI is InChI=1S/C19H31NO2/c1-15(2)22-14-6-13-20-18(21)12-9-16-7-10-17(11-8-16)19(3,4)5/h7-8,10-11,15H,6,9,12-14H2,1-5H3,(H,20,21). The molecular weight excluding hydrogens is 274 g/mol. The van der Waals surface area contributed by atoms with Gasteiger partial charge >= 0.3 is 0 Å². The van der Waals surface area contributed by atoms with Crippen LogP contribution in [0.15, 0.2) is 24.3 Å². The van der Waals surface area contributed by atoms with Crippen molar-refractivity contribution < 1.29 is 9.53 Å². The van der Waals surface area contributed by atoms with E-state index >= 15 is 0 Å². The molecule has 0 spiro atoms. The predicted molar refractivity (Wildman–Crippen MR) is 92.2 cm³/mol. The number of carbonyl (C=O) groups is 1. The normalized spacial score (nSPS) is 11.7. The van der Waals surface area contributed by atoms with Crippen LogP contribution in [0.5, 0.6) is 0 Å². The molecule has 0 unspecified atom stereocenters. The minimum absolute atomic E-state index is 0.115. The predicted octanol–water partition coefficient (Wildman–Crippen LogP) is 3.85. The van der Waals surface area contributed by atoms with Crippen molar-refractivity contribution >= 4 is 5.91 Å². The van der Waals surface area contributed by atoms with Crippen LogP contribution in [0, 0.1) is 0 Å². The van der Waals surface area contributed by atoms with Crippen LogP contribution in [-0.2, 0) is 21.4 Å². The third-order valence-electron chi connectivity index (χ3n) is 3.56. The maximum atomic E-state index is 11.8. The largest absolute Gasteiger partial charge is 0.379 e. The molecule has 1 aromatic carbocycles. The quantitative estimate of drug-likeness (QED) is 0.741. The average molecular weight is 305 g/mol. The molecule has 1 N–H and O–H groups in total. The summed E-state index contributed by atoms with van der Waals surface area (Å²) < 4.78 is 5.44. The van der Waals surface area contributed by atoms with Crippen molar-refractivity contribution in [2.24, 2.45) is 0 Å². The number of hydrogen-bond acceptors (Lipinski definition) is 2. The first kappa shape index (κ1) is 18.7. The molecule has 3 nitrogen and oxygen atoms in total. The molecule has 0 heterocycles. The second kappa shape index (κ2) is 8.94. The summed E-state index contributed by atoms with van der Waals surface area (Å²) in [4.78, 5) is 11.8. The summed E-state index contributed by atoms with van der Waals surface area (Å²) in [5.41, 5.74) is 2.71. The number of carbonyl (C=O) groups excluding carboxylic acids is 1. The fourth-order valence-corrected chi connectivity index (χ4v) is 2.14. The Bertz CT molecular complexity index is 443. The van der Waals surface area contributed by atoms with Crippen molar-refractivity contribution in [1.29, 1.82) is 0 Å². The van der Waals surface area contributed by atoms with E-state index in [1.807, 2.05) is 13.8 Å². The monoisotopic (exact) mass is 305 g/mol. The summed E-state index contributed by atoms with van der Waals surface area (Å²) in [6.07, 6.45) is 2.45. The molecule has 0 saturated heterocycles. The second-order valence-electron chi connectivity index (χ2n) is 7.07. The smallest absolute Gasteiger partial charge is 0.220 e. The van der Waals surface area contributed by atoms with Crippen LogP contribution in [0.25, 0.3) is 0 Å². The Balaban J connectivity index is 2.24. The van der Waals surface area contributed by atoms with Gasteiger partial charge in [-0.2, -0.15) is 0 Å². The number of ether oxygens (including phenoxy) is 1. The molecule has 0 fully saturated rings. The summed E-state index contributed by atoms with van der Waals surface area (Å²) in [5.74, 6) is 0.115. The Morgan fingerprint density at radius 1 is 1.18 bits per heavy atom. The molecule has 1 amide bonds. The molecule has 1 aromatic rings. The second-order valence-corrected chi connectivity index (χ2v) is 7.07. The van der Waals surface area contributed by atoms with Crippen molar-refractivity contribution in [3.63, 3.8) is 0 Å². The Morgan fingerprint density at radius 2 is 1.82 bits per heavy atom. The first-order valence-electron chi connectivity index (χ1n) is 8.27. The maximum absolute atomic E-state index is 11.8. The van der Waals surface area contributed by atoms with Gasteiger partial charge in [-0.15, -0.1) is 0 Å². The van der Waals surface area contributed by atoms with Gasteiger partial charge in [0.05, 0.1) is 6.10 Å². The molecule has 0 aliphatic carbocycles. The zero-order chi connectivity index (χ0) is 16.6. The minimum atomic E-state index is 0.115. The fourth-order valence-electron chi connectivity index (χ4n) is 2.14. The number of aryl methyl sites for hydroxylation is 1. The minimum Gasteiger partial charge on any atom is -0.379 e. The van der Waals surface area contributed by atoms with E-state index in [1.165, 1.54) is 11.1 Å². The lowest BCUT2D eigenvalue weighted by Gasteiger charge is -2.19. The zero-order valence-electron chi connectivity index (χ0n) is 14.7. The molecule has 0 aromatic heterocycles. The van der Waals surface area contributed by atoms with Gasteiger partial charge < -0.3 is 10.1 Å². The van der Waals surface area contributed by atoms with Crippen LogP contribution in [0.2, 0.25) is 0 Å². The molecule has 0 saturated carbocycles. The van der Waals surface area contributed by atoms with Gasteiger partial charge in [-0.25, -0.2) is 0 Å². The summed E-state index contributed by atoms with van der Waals surface area (Å²) in [6.45, 7) is 12.0. The zero-order valence-corrected chi connectivity index (χ0v) is 14.7. The lowest BCUT2D eigenvalue weighted by Crippen LogP contribution is -2.25. The first-order chi connectivity index (χ1) is 10.3. The first-order valence-corrected chi connectivity index (χ1v) is 8.27. The highest BCUT2D eigenvalue weighted by Gasteiger charge is 2.12. The Morgan fingerprint density at radius 3 is 2.36 bits per heavy atom. The highest BCUT2D eigenvalue weighted by molar-refractivity contribution is 5.76. The van der Waals surface area contributed by atoms with Crippen molar-refractivity contribution in [2.75, 3.05) is 13.2 Å². The Kier molecular flexibility index (Phi) is 7.60. The molecule has 0 aliphatic rings. The van der Waals surface area contributed by atoms with Crippen LogP contribution >= 0.6 is 0 Å². The van der Waals surface area contributed by atoms with Gasteiger partial charge in [0.25, 0.3) is 0 Å². The number of amides is 1. The van der Waals surface area contributed by atoms with Gasteiger partial charge in [-0.05, 0) is 43.2 Å². The van der Waals surface area contributed by atoms with Crippen LogP contribution in [-0.4, -0.2) is 25.2 Å². The van der Waals surface area contributed by atoms with Gasteiger partial charge in [0.1, 0.15) is 0 Å². The van der Waals surface area contributed by atoms with Crippen molar-refractivity contribution in [3.8, 4) is 0 Å². The van der Waals surface area contributed by atoms with E-state index in [0.717, 1.165) is 12.8 Å². The summed E-state index contributed by atoms with van der Waals surface area (Å²) >= 11 is 0. The van der Waals surface area contributed by atoms with Gasteiger partial charge in [0, 0.05) is 19.6 Å². The number of rotatable bonds is 8. The molecule has 0 atom stereocenters. The van der Waals surface area contributed by atoms with E-state index in [9.17, 15) is 4.79 Å². The molecule has 124 valence electrons.